The zero-order valence-corrected chi connectivity index (χ0v) is 17.2. The molecule has 1 aromatic carbocycles. The first-order valence-electron chi connectivity index (χ1n) is 8.85. The molecular weight excluding hydrogens is 377 g/mol. The molecule has 8 heteroatoms. The Labute approximate surface area is 166 Å². The second kappa shape index (κ2) is 7.03. The van der Waals surface area contributed by atoms with Gasteiger partial charge in [0, 0.05) is 28.8 Å². The average molecular weight is 397 g/mol. The van der Waals surface area contributed by atoms with Gasteiger partial charge >= 0.3 is 0 Å². The summed E-state index contributed by atoms with van der Waals surface area (Å²) in [5.74, 6) is 1.37. The van der Waals surface area contributed by atoms with E-state index in [4.69, 9.17) is 4.52 Å². The Kier molecular flexibility index (Phi) is 4.68. The molecule has 0 aliphatic carbocycles. The Morgan fingerprint density at radius 3 is 2.64 bits per heavy atom. The highest BCUT2D eigenvalue weighted by Gasteiger charge is 2.20. The van der Waals surface area contributed by atoms with Crippen molar-refractivity contribution < 1.29 is 8.91 Å². The van der Waals surface area contributed by atoms with Crippen LogP contribution in [0.5, 0.6) is 0 Å². The summed E-state index contributed by atoms with van der Waals surface area (Å²) in [6.07, 6.45) is 0. The number of fused-ring (bicyclic) bond motifs is 1. The molecule has 0 atom stereocenters. The molecule has 144 valence electrons. The largest absolute Gasteiger partial charge is 0.333 e. The van der Waals surface area contributed by atoms with E-state index in [0.29, 0.717) is 23.8 Å². The first kappa shape index (κ1) is 18.6. The van der Waals surface area contributed by atoms with Crippen molar-refractivity contribution in [2.75, 3.05) is 14.1 Å². The van der Waals surface area contributed by atoms with Crippen LogP contribution in [0, 0.1) is 26.6 Å². The Morgan fingerprint density at radius 2 is 1.89 bits per heavy atom. The van der Waals surface area contributed by atoms with Crippen LogP contribution in [-0.4, -0.2) is 39.1 Å². The number of aryl methyl sites for hydroxylation is 3. The molecule has 0 amide bonds. The molecule has 0 radical (unpaired) electrons. The summed E-state index contributed by atoms with van der Waals surface area (Å²) in [6, 6.07) is 4.87. The van der Waals surface area contributed by atoms with E-state index in [0.717, 1.165) is 37.7 Å². The third kappa shape index (κ3) is 3.29. The SMILES string of the molecule is Cc1nc(C)c2c(C)c(-c3nc(-c4ccc(F)c(CN(C)C)c4)no3)sc2n1. The molecule has 3 heterocycles. The van der Waals surface area contributed by atoms with Crippen LogP contribution >= 0.6 is 11.3 Å². The Morgan fingerprint density at radius 1 is 1.11 bits per heavy atom. The van der Waals surface area contributed by atoms with Crippen LogP contribution in [0.2, 0.25) is 0 Å². The van der Waals surface area contributed by atoms with E-state index in [9.17, 15) is 4.39 Å². The van der Waals surface area contributed by atoms with Crippen LogP contribution in [0.3, 0.4) is 0 Å². The van der Waals surface area contributed by atoms with E-state index in [1.165, 1.54) is 17.4 Å². The third-order valence-electron chi connectivity index (χ3n) is 4.49. The Hall–Kier alpha value is -2.71. The first-order chi connectivity index (χ1) is 13.3. The van der Waals surface area contributed by atoms with Gasteiger partial charge in [-0.1, -0.05) is 5.16 Å². The quantitative estimate of drug-likeness (QED) is 0.504. The number of aromatic nitrogens is 4. The lowest BCUT2D eigenvalue weighted by Crippen LogP contribution is -2.12. The molecule has 0 bridgehead atoms. The van der Waals surface area contributed by atoms with Crippen molar-refractivity contribution in [3.05, 3.63) is 46.7 Å². The molecule has 3 aromatic heterocycles. The van der Waals surface area contributed by atoms with E-state index >= 15 is 0 Å². The van der Waals surface area contributed by atoms with Crippen LogP contribution in [0.15, 0.2) is 22.7 Å². The fourth-order valence-electron chi connectivity index (χ4n) is 3.29. The van der Waals surface area contributed by atoms with Gasteiger partial charge in [-0.25, -0.2) is 14.4 Å². The van der Waals surface area contributed by atoms with Crippen molar-refractivity contribution in [1.82, 2.24) is 25.0 Å². The van der Waals surface area contributed by atoms with Crippen LogP contribution in [0.4, 0.5) is 4.39 Å². The summed E-state index contributed by atoms with van der Waals surface area (Å²) in [5.41, 5.74) is 3.28. The lowest BCUT2D eigenvalue weighted by molar-refractivity contribution is 0.392. The smallest absolute Gasteiger partial charge is 0.268 e. The third-order valence-corrected chi connectivity index (χ3v) is 5.67. The molecule has 0 spiro atoms. The summed E-state index contributed by atoms with van der Waals surface area (Å²) in [5, 5.41) is 5.14. The Bertz CT molecular complexity index is 1180. The number of rotatable bonds is 4. The molecule has 6 nitrogen and oxygen atoms in total. The molecule has 0 fully saturated rings. The maximum atomic E-state index is 14.1. The molecule has 0 aliphatic heterocycles. The zero-order chi connectivity index (χ0) is 20.0. The molecule has 0 saturated heterocycles. The lowest BCUT2D eigenvalue weighted by atomic mass is 10.1. The van der Waals surface area contributed by atoms with Gasteiger partial charge in [-0.15, -0.1) is 11.3 Å². The topological polar surface area (TPSA) is 67.9 Å². The summed E-state index contributed by atoms with van der Waals surface area (Å²) in [7, 11) is 3.80. The van der Waals surface area contributed by atoms with Crippen LogP contribution in [0.1, 0.15) is 22.6 Å². The molecule has 4 aromatic rings. The number of nitrogens with zero attached hydrogens (tertiary/aromatic N) is 5. The van der Waals surface area contributed by atoms with Crippen molar-refractivity contribution >= 4 is 21.6 Å². The number of hydrogen-bond donors (Lipinski definition) is 0. The van der Waals surface area contributed by atoms with Crippen molar-refractivity contribution in [2.45, 2.75) is 27.3 Å². The van der Waals surface area contributed by atoms with E-state index < -0.39 is 0 Å². The molecule has 0 aliphatic rings. The van der Waals surface area contributed by atoms with Gasteiger partial charge in [0.05, 0.1) is 4.88 Å². The number of benzene rings is 1. The zero-order valence-electron chi connectivity index (χ0n) is 16.4. The summed E-state index contributed by atoms with van der Waals surface area (Å²) in [4.78, 5) is 17.2. The van der Waals surface area contributed by atoms with Gasteiger partial charge in [-0.2, -0.15) is 4.98 Å². The van der Waals surface area contributed by atoms with E-state index in [2.05, 4.69) is 20.1 Å². The predicted molar refractivity (Wildman–Crippen MR) is 108 cm³/mol. The van der Waals surface area contributed by atoms with Gasteiger partial charge in [0.1, 0.15) is 16.5 Å². The minimum Gasteiger partial charge on any atom is -0.333 e. The second-order valence-electron chi connectivity index (χ2n) is 7.06. The standard InChI is InChI=1S/C20H20FN5OS/c1-10-16-11(2)22-12(3)23-20(16)28-17(10)19-24-18(25-27-19)13-6-7-15(21)14(8-13)9-26(4)5/h6-8H,9H2,1-5H3. The number of thiophene rings is 1. The molecule has 0 N–H and O–H groups in total. The van der Waals surface area contributed by atoms with Crippen molar-refractivity contribution in [3.63, 3.8) is 0 Å². The first-order valence-corrected chi connectivity index (χ1v) is 9.67. The summed E-state index contributed by atoms with van der Waals surface area (Å²) >= 11 is 1.51. The predicted octanol–water partition coefficient (Wildman–Crippen LogP) is 4.53. The van der Waals surface area contributed by atoms with Crippen LogP contribution < -0.4 is 0 Å². The average Bonchev–Trinajstić information content (AvgIpc) is 3.21. The fourth-order valence-corrected chi connectivity index (χ4v) is 4.49. The highest BCUT2D eigenvalue weighted by molar-refractivity contribution is 7.22. The molecular formula is C20H20FN5OS. The van der Waals surface area contributed by atoms with Crippen molar-refractivity contribution in [1.29, 1.82) is 0 Å². The van der Waals surface area contributed by atoms with Gasteiger partial charge in [0.15, 0.2) is 0 Å². The van der Waals surface area contributed by atoms with E-state index in [1.807, 2.05) is 39.8 Å². The van der Waals surface area contributed by atoms with Crippen molar-refractivity contribution in [2.24, 2.45) is 0 Å². The van der Waals surface area contributed by atoms with E-state index in [1.54, 1.807) is 12.1 Å². The molecule has 0 saturated carbocycles. The normalized spacial score (nSPS) is 11.7. The highest BCUT2D eigenvalue weighted by Crippen LogP contribution is 2.38. The van der Waals surface area contributed by atoms with Gasteiger partial charge in [-0.05, 0) is 58.6 Å². The molecule has 28 heavy (non-hydrogen) atoms. The monoisotopic (exact) mass is 397 g/mol. The summed E-state index contributed by atoms with van der Waals surface area (Å²) in [6.45, 7) is 6.37. The highest BCUT2D eigenvalue weighted by atomic mass is 32.1. The minimum absolute atomic E-state index is 0.245. The maximum Gasteiger partial charge on any atom is 0.268 e. The fraction of sp³-hybridized carbons (Fsp3) is 0.300. The van der Waals surface area contributed by atoms with Crippen molar-refractivity contribution in [3.8, 4) is 22.2 Å². The van der Waals surface area contributed by atoms with Gasteiger partial charge in [0.2, 0.25) is 5.82 Å². The number of hydrogen-bond acceptors (Lipinski definition) is 7. The Balaban J connectivity index is 1.76. The summed E-state index contributed by atoms with van der Waals surface area (Å²) < 4.78 is 19.6. The minimum atomic E-state index is -0.245. The lowest BCUT2D eigenvalue weighted by Gasteiger charge is -2.11. The van der Waals surface area contributed by atoms with E-state index in [-0.39, 0.29) is 5.82 Å². The molecule has 4 rings (SSSR count). The number of halogens is 1. The molecule has 0 unspecified atom stereocenters. The van der Waals surface area contributed by atoms with Gasteiger partial charge < -0.3 is 9.42 Å². The van der Waals surface area contributed by atoms with Gasteiger partial charge in [0.25, 0.3) is 5.89 Å². The second-order valence-corrected chi connectivity index (χ2v) is 8.06. The maximum absolute atomic E-state index is 14.1. The van der Waals surface area contributed by atoms with Gasteiger partial charge in [-0.3, -0.25) is 0 Å². The van der Waals surface area contributed by atoms with Crippen LogP contribution in [-0.2, 0) is 6.54 Å². The van der Waals surface area contributed by atoms with Crippen LogP contribution in [0.25, 0.3) is 32.4 Å².